The quantitative estimate of drug-likeness (QED) is 0.770. The standard InChI is InChI=1S/C11H19NO3S/c1-9-7-11(10(2)15-9)8-12-5-4-6-16(3,13)14/h7,12H,4-6,8H2,1-3H3. The second kappa shape index (κ2) is 5.50. The largest absolute Gasteiger partial charge is 0.466 e. The van der Waals surface area contributed by atoms with Crippen LogP contribution in [0, 0.1) is 13.8 Å². The molecule has 0 unspecified atom stereocenters. The second-order valence-corrected chi connectivity index (χ2v) is 6.36. The molecule has 0 saturated heterocycles. The van der Waals surface area contributed by atoms with Crippen LogP contribution in [0.3, 0.4) is 0 Å². The van der Waals surface area contributed by atoms with Gasteiger partial charge in [0.1, 0.15) is 21.4 Å². The van der Waals surface area contributed by atoms with Crippen molar-refractivity contribution >= 4 is 9.84 Å². The van der Waals surface area contributed by atoms with E-state index >= 15 is 0 Å². The monoisotopic (exact) mass is 245 g/mol. The molecule has 1 aromatic rings. The van der Waals surface area contributed by atoms with Crippen LogP contribution < -0.4 is 5.32 Å². The lowest BCUT2D eigenvalue weighted by Gasteiger charge is -2.02. The molecule has 4 nitrogen and oxygen atoms in total. The molecule has 0 fully saturated rings. The molecule has 0 saturated carbocycles. The number of aryl methyl sites for hydroxylation is 2. The molecular formula is C11H19NO3S. The minimum atomic E-state index is -2.83. The highest BCUT2D eigenvalue weighted by Gasteiger charge is 2.04. The molecule has 92 valence electrons. The van der Waals surface area contributed by atoms with E-state index in [-0.39, 0.29) is 5.75 Å². The van der Waals surface area contributed by atoms with Gasteiger partial charge in [0.05, 0.1) is 5.75 Å². The Kier molecular flexibility index (Phi) is 4.56. The van der Waals surface area contributed by atoms with E-state index in [1.54, 1.807) is 0 Å². The van der Waals surface area contributed by atoms with Gasteiger partial charge >= 0.3 is 0 Å². The van der Waals surface area contributed by atoms with E-state index in [0.717, 1.165) is 23.6 Å². The van der Waals surface area contributed by atoms with E-state index in [9.17, 15) is 8.42 Å². The van der Waals surface area contributed by atoms with Gasteiger partial charge in [-0.3, -0.25) is 0 Å². The van der Waals surface area contributed by atoms with E-state index in [2.05, 4.69) is 5.32 Å². The van der Waals surface area contributed by atoms with Gasteiger partial charge in [-0.2, -0.15) is 0 Å². The van der Waals surface area contributed by atoms with Crippen LogP contribution in [0.1, 0.15) is 23.5 Å². The van der Waals surface area contributed by atoms with Gasteiger partial charge < -0.3 is 9.73 Å². The maximum Gasteiger partial charge on any atom is 0.147 e. The zero-order chi connectivity index (χ0) is 12.2. The molecule has 1 aromatic heterocycles. The molecule has 5 heteroatoms. The number of furan rings is 1. The molecule has 0 radical (unpaired) electrons. The second-order valence-electron chi connectivity index (χ2n) is 4.10. The number of hydrogen-bond acceptors (Lipinski definition) is 4. The average molecular weight is 245 g/mol. The smallest absolute Gasteiger partial charge is 0.147 e. The summed E-state index contributed by atoms with van der Waals surface area (Å²) in [4.78, 5) is 0. The Morgan fingerprint density at radius 3 is 2.56 bits per heavy atom. The Balaban J connectivity index is 2.24. The zero-order valence-corrected chi connectivity index (χ0v) is 10.9. The fraction of sp³-hybridized carbons (Fsp3) is 0.636. The summed E-state index contributed by atoms with van der Waals surface area (Å²) in [7, 11) is -2.83. The van der Waals surface area contributed by atoms with Crippen LogP contribution in [0.4, 0.5) is 0 Å². The lowest BCUT2D eigenvalue weighted by Crippen LogP contribution is -2.17. The van der Waals surface area contributed by atoms with Crippen molar-refractivity contribution in [2.45, 2.75) is 26.8 Å². The zero-order valence-electron chi connectivity index (χ0n) is 10.0. The van der Waals surface area contributed by atoms with Crippen LogP contribution in [-0.4, -0.2) is 27.0 Å². The highest BCUT2D eigenvalue weighted by molar-refractivity contribution is 7.90. The molecular weight excluding hydrogens is 226 g/mol. The van der Waals surface area contributed by atoms with Gasteiger partial charge in [-0.1, -0.05) is 0 Å². The predicted molar refractivity (Wildman–Crippen MR) is 64.2 cm³/mol. The van der Waals surface area contributed by atoms with Gasteiger partial charge in [-0.25, -0.2) is 8.42 Å². The number of nitrogens with one attached hydrogen (secondary N) is 1. The molecule has 1 rings (SSSR count). The van der Waals surface area contributed by atoms with Gasteiger partial charge in [-0.05, 0) is 32.9 Å². The summed E-state index contributed by atoms with van der Waals surface area (Å²) >= 11 is 0. The Bertz CT molecular complexity index is 434. The molecule has 0 aliphatic rings. The summed E-state index contributed by atoms with van der Waals surface area (Å²) in [6.07, 6.45) is 1.91. The first-order valence-electron chi connectivity index (χ1n) is 5.33. The molecule has 0 aromatic carbocycles. The SMILES string of the molecule is Cc1cc(CNCCCS(C)(=O)=O)c(C)o1. The molecule has 0 atom stereocenters. The molecule has 1 N–H and O–H groups in total. The van der Waals surface area contributed by atoms with E-state index in [4.69, 9.17) is 4.42 Å². The van der Waals surface area contributed by atoms with Crippen molar-refractivity contribution in [3.8, 4) is 0 Å². The minimum Gasteiger partial charge on any atom is -0.466 e. The molecule has 0 amide bonds. The Morgan fingerprint density at radius 2 is 2.06 bits per heavy atom. The minimum absolute atomic E-state index is 0.239. The maximum absolute atomic E-state index is 10.9. The summed E-state index contributed by atoms with van der Waals surface area (Å²) in [5.74, 6) is 2.07. The van der Waals surface area contributed by atoms with Crippen LogP contribution in [0.25, 0.3) is 0 Å². The van der Waals surface area contributed by atoms with Crippen LogP contribution in [0.2, 0.25) is 0 Å². The van der Waals surface area contributed by atoms with Crippen LogP contribution in [0.15, 0.2) is 10.5 Å². The fourth-order valence-electron chi connectivity index (χ4n) is 1.54. The Morgan fingerprint density at radius 1 is 1.38 bits per heavy atom. The van der Waals surface area contributed by atoms with Crippen LogP contribution >= 0.6 is 0 Å². The van der Waals surface area contributed by atoms with Gasteiger partial charge in [0.2, 0.25) is 0 Å². The first kappa shape index (κ1) is 13.3. The predicted octanol–water partition coefficient (Wildman–Crippen LogP) is 1.42. The van der Waals surface area contributed by atoms with Crippen molar-refractivity contribution in [3.63, 3.8) is 0 Å². The van der Waals surface area contributed by atoms with Crippen molar-refractivity contribution in [1.29, 1.82) is 0 Å². The maximum atomic E-state index is 10.9. The summed E-state index contributed by atoms with van der Waals surface area (Å²) in [5, 5.41) is 3.20. The van der Waals surface area contributed by atoms with Crippen LogP contribution in [0.5, 0.6) is 0 Å². The van der Waals surface area contributed by atoms with Crippen molar-refractivity contribution in [1.82, 2.24) is 5.32 Å². The van der Waals surface area contributed by atoms with E-state index in [0.29, 0.717) is 13.0 Å². The molecule has 0 bridgehead atoms. The van der Waals surface area contributed by atoms with E-state index in [1.165, 1.54) is 6.26 Å². The van der Waals surface area contributed by atoms with Gasteiger partial charge in [0.15, 0.2) is 0 Å². The first-order valence-corrected chi connectivity index (χ1v) is 7.39. The molecule has 0 aliphatic carbocycles. The molecule has 0 aliphatic heterocycles. The third-order valence-corrected chi connectivity index (χ3v) is 3.36. The fourth-order valence-corrected chi connectivity index (χ4v) is 2.21. The normalized spacial score (nSPS) is 11.9. The van der Waals surface area contributed by atoms with Gasteiger partial charge in [0.25, 0.3) is 0 Å². The van der Waals surface area contributed by atoms with Crippen molar-refractivity contribution in [2.24, 2.45) is 0 Å². The lowest BCUT2D eigenvalue weighted by molar-refractivity contribution is 0.499. The third-order valence-electron chi connectivity index (χ3n) is 2.33. The summed E-state index contributed by atoms with van der Waals surface area (Å²) in [6.45, 7) is 5.28. The Labute approximate surface area is 97.0 Å². The summed E-state index contributed by atoms with van der Waals surface area (Å²) < 4.78 is 27.1. The Hall–Kier alpha value is -0.810. The molecule has 16 heavy (non-hydrogen) atoms. The van der Waals surface area contributed by atoms with Crippen molar-refractivity contribution in [2.75, 3.05) is 18.6 Å². The van der Waals surface area contributed by atoms with Crippen LogP contribution in [-0.2, 0) is 16.4 Å². The van der Waals surface area contributed by atoms with Crippen molar-refractivity contribution < 1.29 is 12.8 Å². The first-order chi connectivity index (χ1) is 7.38. The molecule has 1 heterocycles. The van der Waals surface area contributed by atoms with E-state index < -0.39 is 9.84 Å². The number of hydrogen-bond donors (Lipinski definition) is 1. The topological polar surface area (TPSA) is 59.3 Å². The average Bonchev–Trinajstić information content (AvgIpc) is 2.42. The van der Waals surface area contributed by atoms with E-state index in [1.807, 2.05) is 19.9 Å². The molecule has 0 spiro atoms. The number of rotatable bonds is 6. The third kappa shape index (κ3) is 4.81. The van der Waals surface area contributed by atoms with Crippen molar-refractivity contribution in [3.05, 3.63) is 23.2 Å². The number of sulfone groups is 1. The van der Waals surface area contributed by atoms with Gasteiger partial charge in [0, 0.05) is 18.4 Å². The highest BCUT2D eigenvalue weighted by Crippen LogP contribution is 2.12. The lowest BCUT2D eigenvalue weighted by atomic mass is 10.2. The summed E-state index contributed by atoms with van der Waals surface area (Å²) in [5.41, 5.74) is 1.14. The highest BCUT2D eigenvalue weighted by atomic mass is 32.2. The van der Waals surface area contributed by atoms with Gasteiger partial charge in [-0.15, -0.1) is 0 Å². The summed E-state index contributed by atoms with van der Waals surface area (Å²) in [6, 6.07) is 2.00.